The lowest BCUT2D eigenvalue weighted by atomic mass is 9.97. The van der Waals surface area contributed by atoms with Crippen molar-refractivity contribution in [1.29, 1.82) is 0 Å². The Kier molecular flexibility index (Phi) is 8.22. The zero-order valence-corrected chi connectivity index (χ0v) is 24.1. The number of thioether (sulfide) groups is 1. The van der Waals surface area contributed by atoms with Crippen LogP contribution in [0.5, 0.6) is 0 Å². The molecule has 0 saturated heterocycles. The van der Waals surface area contributed by atoms with Gasteiger partial charge in [-0.25, -0.2) is 18.4 Å². The number of carbonyl (C=O) groups is 2. The van der Waals surface area contributed by atoms with Crippen LogP contribution in [0.3, 0.4) is 0 Å². The number of carbonyl (C=O) groups excluding carboxylic acids is 1. The van der Waals surface area contributed by atoms with Gasteiger partial charge in [-0.05, 0) is 55.7 Å². The van der Waals surface area contributed by atoms with E-state index in [9.17, 15) is 14.7 Å². The second-order valence-corrected chi connectivity index (χ2v) is 11.9. The fourth-order valence-corrected chi connectivity index (χ4v) is 5.66. The first-order valence-electron chi connectivity index (χ1n) is 13.3. The van der Waals surface area contributed by atoms with Crippen LogP contribution in [0, 0.1) is 11.6 Å². The molecule has 1 aromatic heterocycles. The Labute approximate surface area is 245 Å². The molecule has 0 fully saturated rings. The van der Waals surface area contributed by atoms with Gasteiger partial charge in [-0.3, -0.25) is 0 Å². The lowest BCUT2D eigenvalue weighted by Gasteiger charge is -2.21. The number of rotatable bonds is 8. The van der Waals surface area contributed by atoms with E-state index in [1.54, 1.807) is 45.0 Å². The Balaban J connectivity index is 1.29. The third kappa shape index (κ3) is 6.41. The molecule has 2 N–H and O–H groups in total. The van der Waals surface area contributed by atoms with Gasteiger partial charge in [0.25, 0.3) is 0 Å². The average molecular weight is 590 g/mol. The highest BCUT2D eigenvalue weighted by molar-refractivity contribution is 7.98. The number of hydrogen-bond donors (Lipinski definition) is 2. The first-order valence-corrected chi connectivity index (χ1v) is 14.4. The summed E-state index contributed by atoms with van der Waals surface area (Å²) in [6, 6.07) is 21.5. The molecule has 1 heterocycles. The molecule has 0 bridgehead atoms. The van der Waals surface area contributed by atoms with E-state index in [-0.39, 0.29) is 11.5 Å². The highest BCUT2D eigenvalue weighted by Crippen LogP contribution is 2.37. The Hall–Kier alpha value is -4.37. The van der Waals surface area contributed by atoms with Crippen molar-refractivity contribution in [1.82, 2.24) is 5.32 Å². The Morgan fingerprint density at radius 2 is 1.60 bits per heavy atom. The molecule has 1 unspecified atom stereocenters. The summed E-state index contributed by atoms with van der Waals surface area (Å²) in [5, 5.41) is 13.6. The molecule has 4 aromatic carbocycles. The Morgan fingerprint density at radius 3 is 2.29 bits per heavy atom. The standard InChI is InChI=1S/C33H29F2NO5S/c1-33(2,3)41-32(39)36-28(31(37)38)18-42-17-21-12-11-19(15-26(21)34)20-13-14-22(27(35)16-20)24-8-6-9-25-23-7-4-5-10-29(23)40-30(24)25/h4-16,28H,17-18H2,1-3H3,(H,36,39)(H,37,38). The number of carboxylic acid groups (broad SMARTS) is 1. The number of amides is 1. The average Bonchev–Trinajstić information content (AvgIpc) is 3.31. The van der Waals surface area contributed by atoms with Crippen LogP contribution in [-0.4, -0.2) is 34.6 Å². The van der Waals surface area contributed by atoms with Gasteiger partial charge in [-0.2, -0.15) is 11.8 Å². The van der Waals surface area contributed by atoms with Crippen molar-refractivity contribution in [3.8, 4) is 22.3 Å². The number of carboxylic acids is 1. The largest absolute Gasteiger partial charge is 0.480 e. The normalized spacial score (nSPS) is 12.4. The molecule has 6 nitrogen and oxygen atoms in total. The molecule has 1 atom stereocenters. The zero-order valence-electron chi connectivity index (χ0n) is 23.2. The van der Waals surface area contributed by atoms with E-state index < -0.39 is 35.3 Å². The number of fused-ring (bicyclic) bond motifs is 3. The minimum atomic E-state index is -1.22. The molecule has 216 valence electrons. The highest BCUT2D eigenvalue weighted by Gasteiger charge is 2.24. The van der Waals surface area contributed by atoms with Crippen molar-refractivity contribution < 1.29 is 32.6 Å². The Bertz CT molecular complexity index is 1790. The summed E-state index contributed by atoms with van der Waals surface area (Å²) in [5.41, 5.74) is 2.95. The number of benzene rings is 4. The zero-order chi connectivity index (χ0) is 30.0. The first-order chi connectivity index (χ1) is 20.0. The molecular weight excluding hydrogens is 560 g/mol. The minimum Gasteiger partial charge on any atom is -0.480 e. The van der Waals surface area contributed by atoms with Crippen molar-refractivity contribution in [2.24, 2.45) is 0 Å². The summed E-state index contributed by atoms with van der Waals surface area (Å²) in [7, 11) is 0. The topological polar surface area (TPSA) is 88.8 Å². The third-order valence-corrected chi connectivity index (χ3v) is 7.67. The second-order valence-electron chi connectivity index (χ2n) is 10.8. The number of ether oxygens (including phenoxy) is 1. The minimum absolute atomic E-state index is 0.0143. The fourth-order valence-electron chi connectivity index (χ4n) is 4.63. The number of para-hydroxylation sites is 2. The second kappa shape index (κ2) is 11.9. The quantitative estimate of drug-likeness (QED) is 0.189. The predicted octanol–water partition coefficient (Wildman–Crippen LogP) is 8.41. The van der Waals surface area contributed by atoms with Gasteiger partial charge in [-0.1, -0.05) is 60.7 Å². The van der Waals surface area contributed by atoms with E-state index in [0.29, 0.717) is 33.4 Å². The molecule has 42 heavy (non-hydrogen) atoms. The summed E-state index contributed by atoms with van der Waals surface area (Å²) in [4.78, 5) is 23.5. The van der Waals surface area contributed by atoms with Crippen LogP contribution in [0.1, 0.15) is 26.3 Å². The smallest absolute Gasteiger partial charge is 0.408 e. The van der Waals surface area contributed by atoms with Gasteiger partial charge < -0.3 is 19.6 Å². The molecule has 1 amide bonds. The number of halogens is 2. The number of alkyl carbamates (subject to hydrolysis) is 1. The molecule has 5 aromatic rings. The van der Waals surface area contributed by atoms with E-state index in [1.165, 1.54) is 12.1 Å². The van der Waals surface area contributed by atoms with E-state index >= 15 is 8.78 Å². The highest BCUT2D eigenvalue weighted by atomic mass is 32.2. The van der Waals surface area contributed by atoms with Crippen LogP contribution in [0.4, 0.5) is 13.6 Å². The van der Waals surface area contributed by atoms with Gasteiger partial charge in [0.1, 0.15) is 34.4 Å². The summed E-state index contributed by atoms with van der Waals surface area (Å²) in [6.07, 6.45) is -0.835. The molecular formula is C33H29F2NO5S. The lowest BCUT2D eigenvalue weighted by Crippen LogP contribution is -2.44. The molecule has 0 aliphatic rings. The molecule has 0 saturated carbocycles. The number of aliphatic carboxylic acids is 1. The van der Waals surface area contributed by atoms with Crippen LogP contribution in [0.25, 0.3) is 44.2 Å². The predicted molar refractivity (Wildman–Crippen MR) is 161 cm³/mol. The van der Waals surface area contributed by atoms with Gasteiger partial charge in [0.15, 0.2) is 0 Å². The van der Waals surface area contributed by atoms with E-state index in [4.69, 9.17) is 9.15 Å². The maximum absolute atomic E-state index is 15.4. The number of nitrogens with one attached hydrogen (secondary N) is 1. The third-order valence-electron chi connectivity index (χ3n) is 6.58. The fraction of sp³-hybridized carbons (Fsp3) is 0.212. The van der Waals surface area contributed by atoms with E-state index in [2.05, 4.69) is 5.32 Å². The van der Waals surface area contributed by atoms with Gasteiger partial charge >= 0.3 is 12.1 Å². The monoisotopic (exact) mass is 589 g/mol. The van der Waals surface area contributed by atoms with Crippen LogP contribution in [0.2, 0.25) is 0 Å². The first kappa shape index (κ1) is 29.1. The molecule has 0 spiro atoms. The number of hydrogen-bond acceptors (Lipinski definition) is 5. The molecule has 9 heteroatoms. The van der Waals surface area contributed by atoms with Crippen molar-refractivity contribution in [3.63, 3.8) is 0 Å². The van der Waals surface area contributed by atoms with E-state index in [0.717, 1.165) is 28.1 Å². The van der Waals surface area contributed by atoms with Crippen LogP contribution < -0.4 is 5.32 Å². The van der Waals surface area contributed by atoms with Gasteiger partial charge in [0, 0.05) is 33.4 Å². The van der Waals surface area contributed by atoms with Gasteiger partial charge in [0.05, 0.1) is 0 Å². The Morgan fingerprint density at radius 1 is 0.905 bits per heavy atom. The summed E-state index contributed by atoms with van der Waals surface area (Å²) in [5.74, 6) is -1.98. The van der Waals surface area contributed by atoms with E-state index in [1.807, 2.05) is 42.5 Å². The van der Waals surface area contributed by atoms with Gasteiger partial charge in [-0.15, -0.1) is 0 Å². The van der Waals surface area contributed by atoms with Gasteiger partial charge in [0.2, 0.25) is 0 Å². The van der Waals surface area contributed by atoms with Crippen LogP contribution in [0.15, 0.2) is 83.3 Å². The molecule has 0 aliphatic carbocycles. The molecule has 0 aliphatic heterocycles. The number of furan rings is 1. The summed E-state index contributed by atoms with van der Waals surface area (Å²) >= 11 is 1.16. The molecule has 0 radical (unpaired) electrons. The van der Waals surface area contributed by atoms with Crippen LogP contribution >= 0.6 is 11.8 Å². The van der Waals surface area contributed by atoms with Crippen molar-refractivity contribution in [3.05, 3.63) is 96.1 Å². The van der Waals surface area contributed by atoms with Crippen molar-refractivity contribution >= 4 is 45.8 Å². The SMILES string of the molecule is CC(C)(C)OC(=O)NC(CSCc1ccc(-c2ccc(-c3cccc4c3oc3ccccc34)c(F)c2)cc1F)C(=O)O. The summed E-state index contributed by atoms with van der Waals surface area (Å²) in [6.45, 7) is 5.03. The summed E-state index contributed by atoms with van der Waals surface area (Å²) < 4.78 is 41.6. The maximum Gasteiger partial charge on any atom is 0.408 e. The molecule has 5 rings (SSSR count). The van der Waals surface area contributed by atoms with Crippen LogP contribution in [-0.2, 0) is 15.3 Å². The van der Waals surface area contributed by atoms with Crippen molar-refractivity contribution in [2.45, 2.75) is 38.2 Å². The maximum atomic E-state index is 15.4. The van der Waals surface area contributed by atoms with Crippen molar-refractivity contribution in [2.75, 3.05) is 5.75 Å². The lowest BCUT2D eigenvalue weighted by molar-refractivity contribution is -0.138.